The van der Waals surface area contributed by atoms with Crippen molar-refractivity contribution in [1.82, 2.24) is 9.88 Å². The fraction of sp³-hybridized carbons (Fsp3) is 0.458. The number of nitrogens with two attached hydrogens (primary N) is 1. The third-order valence-electron chi connectivity index (χ3n) is 6.73. The zero-order valence-corrected chi connectivity index (χ0v) is 18.0. The van der Waals surface area contributed by atoms with E-state index in [9.17, 15) is 9.59 Å². The highest BCUT2D eigenvalue weighted by molar-refractivity contribution is 5.96. The summed E-state index contributed by atoms with van der Waals surface area (Å²) in [4.78, 5) is 33.1. The van der Waals surface area contributed by atoms with Gasteiger partial charge in [-0.25, -0.2) is 0 Å². The highest BCUT2D eigenvalue weighted by atomic mass is 16.2. The van der Waals surface area contributed by atoms with Gasteiger partial charge < -0.3 is 15.5 Å². The van der Waals surface area contributed by atoms with Crippen LogP contribution in [0.3, 0.4) is 0 Å². The summed E-state index contributed by atoms with van der Waals surface area (Å²) in [5.74, 6) is 0.822. The van der Waals surface area contributed by atoms with Crippen molar-refractivity contribution >= 4 is 17.5 Å². The predicted molar refractivity (Wildman–Crippen MR) is 118 cm³/mol. The molecule has 0 saturated carbocycles. The molecular formula is C24H30N4O2. The van der Waals surface area contributed by atoms with E-state index in [4.69, 9.17) is 5.73 Å². The van der Waals surface area contributed by atoms with Crippen LogP contribution in [0.4, 0.5) is 5.69 Å². The maximum Gasteiger partial charge on any atom is 0.255 e. The van der Waals surface area contributed by atoms with Gasteiger partial charge in [0.15, 0.2) is 0 Å². The Bertz CT molecular complexity index is 953. The molecule has 6 heteroatoms. The first-order chi connectivity index (χ1) is 14.3. The number of primary amides is 1. The first-order valence-corrected chi connectivity index (χ1v) is 10.7. The van der Waals surface area contributed by atoms with Crippen molar-refractivity contribution in [2.75, 3.05) is 31.1 Å². The average molecular weight is 407 g/mol. The van der Waals surface area contributed by atoms with Crippen LogP contribution in [0.25, 0.3) is 0 Å². The molecular weight excluding hydrogens is 376 g/mol. The summed E-state index contributed by atoms with van der Waals surface area (Å²) in [6.07, 6.45) is 2.82. The molecule has 4 rings (SSSR count). The van der Waals surface area contributed by atoms with Crippen LogP contribution in [-0.4, -0.2) is 47.9 Å². The van der Waals surface area contributed by atoms with Crippen LogP contribution >= 0.6 is 0 Å². The number of hydrogen-bond donors (Lipinski definition) is 1. The lowest BCUT2D eigenvalue weighted by molar-refractivity contribution is -0.117. The molecule has 3 heterocycles. The molecule has 2 aliphatic heterocycles. The number of pyridine rings is 1. The SMILES string of the molecule is Cc1ccnc(C)c1C(=O)N1CC2CN(c3cccc(CCC(N)=O)c3C)CC2C1. The summed E-state index contributed by atoms with van der Waals surface area (Å²) >= 11 is 0. The third-order valence-corrected chi connectivity index (χ3v) is 6.73. The summed E-state index contributed by atoms with van der Waals surface area (Å²) in [5.41, 5.74) is 11.5. The van der Waals surface area contributed by atoms with Gasteiger partial charge in [0.2, 0.25) is 5.91 Å². The molecule has 0 spiro atoms. The summed E-state index contributed by atoms with van der Waals surface area (Å²) in [5, 5.41) is 0. The molecule has 0 radical (unpaired) electrons. The summed E-state index contributed by atoms with van der Waals surface area (Å²) < 4.78 is 0. The smallest absolute Gasteiger partial charge is 0.255 e. The molecule has 2 aromatic rings. The number of likely N-dealkylation sites (tertiary alicyclic amines) is 1. The molecule has 0 bridgehead atoms. The molecule has 2 aliphatic rings. The Labute approximate surface area is 178 Å². The largest absolute Gasteiger partial charge is 0.371 e. The van der Waals surface area contributed by atoms with Crippen LogP contribution in [0.5, 0.6) is 0 Å². The average Bonchev–Trinajstić information content (AvgIpc) is 3.26. The molecule has 6 nitrogen and oxygen atoms in total. The van der Waals surface area contributed by atoms with Gasteiger partial charge in [-0.15, -0.1) is 0 Å². The topological polar surface area (TPSA) is 79.5 Å². The van der Waals surface area contributed by atoms with Crippen LogP contribution in [-0.2, 0) is 11.2 Å². The monoisotopic (exact) mass is 406 g/mol. The fourth-order valence-corrected chi connectivity index (χ4v) is 5.07. The summed E-state index contributed by atoms with van der Waals surface area (Å²) in [6.45, 7) is 9.53. The Kier molecular flexibility index (Phi) is 5.50. The van der Waals surface area contributed by atoms with E-state index >= 15 is 0 Å². The van der Waals surface area contributed by atoms with Gasteiger partial charge in [0, 0.05) is 56.3 Å². The number of aromatic nitrogens is 1. The fourth-order valence-electron chi connectivity index (χ4n) is 5.07. The predicted octanol–water partition coefficient (Wildman–Crippen LogP) is 2.63. The molecule has 1 aromatic carbocycles. The second kappa shape index (κ2) is 8.09. The number of hydrogen-bond acceptors (Lipinski definition) is 4. The van der Waals surface area contributed by atoms with Crippen molar-refractivity contribution in [3.05, 3.63) is 58.4 Å². The van der Waals surface area contributed by atoms with Crippen LogP contribution in [0.15, 0.2) is 30.5 Å². The molecule has 2 N–H and O–H groups in total. The molecule has 2 saturated heterocycles. The van der Waals surface area contributed by atoms with Crippen molar-refractivity contribution in [2.24, 2.45) is 17.6 Å². The highest BCUT2D eigenvalue weighted by Crippen LogP contribution is 2.36. The first kappa shape index (κ1) is 20.4. The number of carbonyl (C=O) groups is 2. The zero-order valence-electron chi connectivity index (χ0n) is 18.0. The summed E-state index contributed by atoms with van der Waals surface area (Å²) in [7, 11) is 0. The number of anilines is 1. The van der Waals surface area contributed by atoms with Crippen LogP contribution < -0.4 is 10.6 Å². The van der Waals surface area contributed by atoms with Gasteiger partial charge in [-0.3, -0.25) is 14.6 Å². The molecule has 2 atom stereocenters. The van der Waals surface area contributed by atoms with E-state index in [1.54, 1.807) is 6.20 Å². The number of rotatable bonds is 5. The van der Waals surface area contributed by atoms with Crippen molar-refractivity contribution < 1.29 is 9.59 Å². The Morgan fingerprint density at radius 3 is 2.40 bits per heavy atom. The molecule has 2 amide bonds. The molecule has 2 unspecified atom stereocenters. The number of nitrogens with zero attached hydrogens (tertiary/aromatic N) is 3. The molecule has 30 heavy (non-hydrogen) atoms. The Hall–Kier alpha value is -2.89. The summed E-state index contributed by atoms with van der Waals surface area (Å²) in [6, 6.07) is 8.22. The Balaban J connectivity index is 1.45. The molecule has 2 fully saturated rings. The van der Waals surface area contributed by atoms with E-state index in [1.165, 1.54) is 16.8 Å². The van der Waals surface area contributed by atoms with Crippen molar-refractivity contribution in [3.63, 3.8) is 0 Å². The Morgan fingerprint density at radius 2 is 1.77 bits per heavy atom. The lowest BCUT2D eigenvalue weighted by Crippen LogP contribution is -2.34. The van der Waals surface area contributed by atoms with E-state index < -0.39 is 0 Å². The second-order valence-electron chi connectivity index (χ2n) is 8.75. The molecule has 0 aliphatic carbocycles. The van der Waals surface area contributed by atoms with Gasteiger partial charge in [-0.2, -0.15) is 0 Å². The van der Waals surface area contributed by atoms with Crippen molar-refractivity contribution in [2.45, 2.75) is 33.6 Å². The second-order valence-corrected chi connectivity index (χ2v) is 8.75. The van der Waals surface area contributed by atoms with Gasteiger partial charge >= 0.3 is 0 Å². The van der Waals surface area contributed by atoms with E-state index in [2.05, 4.69) is 35.0 Å². The number of carbonyl (C=O) groups excluding carboxylic acids is 2. The maximum atomic E-state index is 13.1. The lowest BCUT2D eigenvalue weighted by Gasteiger charge is -2.26. The van der Waals surface area contributed by atoms with E-state index in [1.807, 2.05) is 24.8 Å². The minimum Gasteiger partial charge on any atom is -0.371 e. The normalized spacial score (nSPS) is 20.5. The lowest BCUT2D eigenvalue weighted by atomic mass is 10.0. The maximum absolute atomic E-state index is 13.1. The molecule has 1 aromatic heterocycles. The first-order valence-electron chi connectivity index (χ1n) is 10.7. The quantitative estimate of drug-likeness (QED) is 0.828. The number of benzene rings is 1. The van der Waals surface area contributed by atoms with Gasteiger partial charge in [0.1, 0.15) is 0 Å². The van der Waals surface area contributed by atoms with Gasteiger partial charge in [0.05, 0.1) is 11.3 Å². The molecule has 158 valence electrons. The standard InChI is InChI=1S/C24H30N4O2/c1-15-9-10-26-17(3)23(15)24(30)28-13-19-11-27(12-20(19)14-28)21-6-4-5-18(16(21)2)7-8-22(25)29/h4-6,9-10,19-20H,7-8,11-14H2,1-3H3,(H2,25,29). The van der Waals surface area contributed by atoms with Gasteiger partial charge in [0.25, 0.3) is 5.91 Å². The van der Waals surface area contributed by atoms with Crippen LogP contribution in [0.1, 0.15) is 39.2 Å². The van der Waals surface area contributed by atoms with E-state index in [0.717, 1.165) is 43.0 Å². The zero-order chi connectivity index (χ0) is 21.4. The van der Waals surface area contributed by atoms with E-state index in [-0.39, 0.29) is 11.8 Å². The van der Waals surface area contributed by atoms with Gasteiger partial charge in [-0.05, 0) is 56.0 Å². The number of fused-ring (bicyclic) bond motifs is 1. The minimum absolute atomic E-state index is 0.115. The van der Waals surface area contributed by atoms with Crippen molar-refractivity contribution in [1.29, 1.82) is 0 Å². The van der Waals surface area contributed by atoms with Crippen molar-refractivity contribution in [3.8, 4) is 0 Å². The van der Waals surface area contributed by atoms with Crippen LogP contribution in [0.2, 0.25) is 0 Å². The van der Waals surface area contributed by atoms with E-state index in [0.29, 0.717) is 24.7 Å². The third kappa shape index (κ3) is 3.78. The van der Waals surface area contributed by atoms with Crippen LogP contribution in [0, 0.1) is 32.6 Å². The number of aryl methyl sites for hydroxylation is 3. The highest BCUT2D eigenvalue weighted by Gasteiger charge is 2.42. The van der Waals surface area contributed by atoms with Gasteiger partial charge in [-0.1, -0.05) is 12.1 Å². The Morgan fingerprint density at radius 1 is 1.07 bits per heavy atom. The minimum atomic E-state index is -0.264. The number of amides is 2.